The SMILES string of the molecule is CC[C@@H](C)NC(=O)[C@@H](CC)N(Cc1ccccc1C)C(=O)CN(c1ccc(F)cc1)S(=O)(=O)c1ccc2c(c1)OCCO2. The third-order valence-corrected chi connectivity index (χ3v) is 9.25. The van der Waals surface area contributed by atoms with E-state index in [0.29, 0.717) is 25.2 Å². The molecular weight excluding hydrogens is 573 g/mol. The Morgan fingerprint density at radius 1 is 0.953 bits per heavy atom. The zero-order valence-corrected chi connectivity index (χ0v) is 25.7. The predicted octanol–water partition coefficient (Wildman–Crippen LogP) is 4.82. The van der Waals surface area contributed by atoms with Gasteiger partial charge in [-0.05, 0) is 74.2 Å². The van der Waals surface area contributed by atoms with Gasteiger partial charge in [-0.1, -0.05) is 38.1 Å². The highest BCUT2D eigenvalue weighted by molar-refractivity contribution is 7.92. The van der Waals surface area contributed by atoms with Crippen molar-refractivity contribution >= 4 is 27.5 Å². The highest BCUT2D eigenvalue weighted by Crippen LogP contribution is 2.34. The van der Waals surface area contributed by atoms with Crippen molar-refractivity contribution in [2.45, 2.75) is 64.1 Å². The monoisotopic (exact) mass is 611 g/mol. The highest BCUT2D eigenvalue weighted by atomic mass is 32.2. The summed E-state index contributed by atoms with van der Waals surface area (Å²) in [4.78, 5) is 28.9. The van der Waals surface area contributed by atoms with Crippen LogP contribution in [0.4, 0.5) is 10.1 Å². The fourth-order valence-electron chi connectivity index (χ4n) is 4.78. The minimum atomic E-state index is -4.36. The summed E-state index contributed by atoms with van der Waals surface area (Å²) in [6, 6.07) is 15.7. The van der Waals surface area contributed by atoms with Crippen LogP contribution < -0.4 is 19.1 Å². The Labute approximate surface area is 252 Å². The molecule has 0 saturated heterocycles. The molecule has 0 aliphatic carbocycles. The Morgan fingerprint density at radius 3 is 2.28 bits per heavy atom. The summed E-state index contributed by atoms with van der Waals surface area (Å²) in [6.07, 6.45) is 1.02. The number of nitrogens with one attached hydrogen (secondary N) is 1. The van der Waals surface area contributed by atoms with E-state index < -0.39 is 34.3 Å². The lowest BCUT2D eigenvalue weighted by Gasteiger charge is -2.34. The maximum absolute atomic E-state index is 14.2. The van der Waals surface area contributed by atoms with E-state index in [1.54, 1.807) is 0 Å². The number of hydrogen-bond donors (Lipinski definition) is 1. The average Bonchev–Trinajstić information content (AvgIpc) is 3.00. The summed E-state index contributed by atoms with van der Waals surface area (Å²) < 4.78 is 54.2. The van der Waals surface area contributed by atoms with Gasteiger partial charge in [0.15, 0.2) is 11.5 Å². The third-order valence-electron chi connectivity index (χ3n) is 7.48. The van der Waals surface area contributed by atoms with Crippen LogP contribution in [-0.2, 0) is 26.2 Å². The van der Waals surface area contributed by atoms with E-state index in [1.165, 1.54) is 35.2 Å². The fraction of sp³-hybridized carbons (Fsp3) is 0.375. The van der Waals surface area contributed by atoms with Crippen LogP contribution in [0.25, 0.3) is 0 Å². The van der Waals surface area contributed by atoms with E-state index in [0.717, 1.165) is 27.6 Å². The number of nitrogens with zero attached hydrogens (tertiary/aromatic N) is 2. The molecule has 1 N–H and O–H groups in total. The predicted molar refractivity (Wildman–Crippen MR) is 162 cm³/mol. The first-order valence-corrected chi connectivity index (χ1v) is 15.8. The second kappa shape index (κ2) is 13.9. The number of carbonyl (C=O) groups is 2. The quantitative estimate of drug-likeness (QED) is 0.315. The lowest BCUT2D eigenvalue weighted by atomic mass is 10.1. The molecule has 230 valence electrons. The van der Waals surface area contributed by atoms with Crippen LogP contribution in [0.3, 0.4) is 0 Å². The maximum Gasteiger partial charge on any atom is 0.264 e. The zero-order valence-electron chi connectivity index (χ0n) is 24.9. The van der Waals surface area contributed by atoms with E-state index in [4.69, 9.17) is 9.47 Å². The standard InChI is InChI=1S/C32H38FN3O6S/c1-5-23(4)34-32(38)28(6-2)35(20-24-10-8-7-9-22(24)3)31(37)21-36(26-13-11-25(33)12-14-26)43(39,40)27-15-16-29-30(19-27)42-18-17-41-29/h7-16,19,23,28H,5-6,17-18,20-21H2,1-4H3,(H,34,38)/t23-,28-/m1/s1. The van der Waals surface area contributed by atoms with E-state index in [2.05, 4.69) is 5.32 Å². The van der Waals surface area contributed by atoms with Gasteiger partial charge < -0.3 is 19.7 Å². The molecule has 3 aromatic carbocycles. The first-order chi connectivity index (χ1) is 20.5. The molecule has 1 aliphatic rings. The Hall–Kier alpha value is -4.12. The Bertz CT molecular complexity index is 1550. The molecule has 2 amide bonds. The van der Waals surface area contributed by atoms with Gasteiger partial charge in [0.1, 0.15) is 31.6 Å². The average molecular weight is 612 g/mol. The normalized spacial score (nSPS) is 14.0. The number of ether oxygens (including phenoxy) is 2. The summed E-state index contributed by atoms with van der Waals surface area (Å²) in [5.41, 5.74) is 1.85. The van der Waals surface area contributed by atoms with Gasteiger partial charge in [-0.3, -0.25) is 13.9 Å². The molecule has 0 radical (unpaired) electrons. The Morgan fingerprint density at radius 2 is 1.63 bits per heavy atom. The van der Waals surface area contributed by atoms with Crippen molar-refractivity contribution in [2.75, 3.05) is 24.1 Å². The van der Waals surface area contributed by atoms with Crippen LogP contribution in [0.1, 0.15) is 44.7 Å². The smallest absolute Gasteiger partial charge is 0.264 e. The molecule has 9 nitrogen and oxygen atoms in total. The largest absolute Gasteiger partial charge is 0.486 e. The van der Waals surface area contributed by atoms with E-state index in [1.807, 2.05) is 52.0 Å². The van der Waals surface area contributed by atoms with Crippen LogP contribution in [0.5, 0.6) is 11.5 Å². The van der Waals surface area contributed by atoms with Crippen molar-refractivity contribution in [1.82, 2.24) is 10.2 Å². The minimum absolute atomic E-state index is 0.0950. The van der Waals surface area contributed by atoms with Crippen molar-refractivity contribution < 1.29 is 31.9 Å². The molecule has 3 aromatic rings. The number of halogens is 1. The van der Waals surface area contributed by atoms with Crippen molar-refractivity contribution in [3.05, 3.63) is 83.7 Å². The van der Waals surface area contributed by atoms with Crippen molar-refractivity contribution in [3.8, 4) is 11.5 Å². The van der Waals surface area contributed by atoms with E-state index >= 15 is 0 Å². The summed E-state index contributed by atoms with van der Waals surface area (Å²) in [6.45, 7) is 7.63. The number of aryl methyl sites for hydroxylation is 1. The number of rotatable bonds is 12. The van der Waals surface area contributed by atoms with Gasteiger partial charge in [-0.2, -0.15) is 0 Å². The number of fused-ring (bicyclic) bond motifs is 1. The molecule has 0 spiro atoms. The molecule has 0 bridgehead atoms. The van der Waals surface area contributed by atoms with Crippen LogP contribution in [0, 0.1) is 12.7 Å². The van der Waals surface area contributed by atoms with Gasteiger partial charge in [0.05, 0.1) is 10.6 Å². The molecule has 0 unspecified atom stereocenters. The van der Waals surface area contributed by atoms with Gasteiger partial charge in [0, 0.05) is 18.7 Å². The molecule has 2 atom stereocenters. The summed E-state index contributed by atoms with van der Waals surface area (Å²) in [5.74, 6) is -0.772. The van der Waals surface area contributed by atoms with Gasteiger partial charge in [0.2, 0.25) is 11.8 Å². The zero-order chi connectivity index (χ0) is 31.1. The van der Waals surface area contributed by atoms with Crippen LogP contribution >= 0.6 is 0 Å². The molecule has 1 aliphatic heterocycles. The molecule has 0 fully saturated rings. The molecule has 1 heterocycles. The Balaban J connectivity index is 1.75. The number of amides is 2. The maximum atomic E-state index is 14.2. The van der Waals surface area contributed by atoms with Gasteiger partial charge in [0.25, 0.3) is 10.0 Å². The molecule has 11 heteroatoms. The van der Waals surface area contributed by atoms with Crippen LogP contribution in [0.2, 0.25) is 0 Å². The summed E-state index contributed by atoms with van der Waals surface area (Å²) in [7, 11) is -4.36. The lowest BCUT2D eigenvalue weighted by Crippen LogP contribution is -2.53. The number of hydrogen-bond acceptors (Lipinski definition) is 6. The number of benzene rings is 3. The second-order valence-electron chi connectivity index (χ2n) is 10.5. The molecule has 0 aromatic heterocycles. The van der Waals surface area contributed by atoms with Gasteiger partial charge >= 0.3 is 0 Å². The highest BCUT2D eigenvalue weighted by Gasteiger charge is 2.34. The van der Waals surface area contributed by atoms with Gasteiger partial charge in [-0.15, -0.1) is 0 Å². The third kappa shape index (κ3) is 7.45. The van der Waals surface area contributed by atoms with Crippen molar-refractivity contribution in [1.29, 1.82) is 0 Å². The molecular formula is C32H38FN3O6S. The minimum Gasteiger partial charge on any atom is -0.486 e. The number of carbonyl (C=O) groups excluding carboxylic acids is 2. The molecule has 43 heavy (non-hydrogen) atoms. The van der Waals surface area contributed by atoms with Crippen molar-refractivity contribution in [3.63, 3.8) is 0 Å². The molecule has 0 saturated carbocycles. The lowest BCUT2D eigenvalue weighted by molar-refractivity contribution is -0.140. The first-order valence-electron chi connectivity index (χ1n) is 14.4. The topological polar surface area (TPSA) is 105 Å². The first kappa shape index (κ1) is 31.8. The van der Waals surface area contributed by atoms with E-state index in [9.17, 15) is 22.4 Å². The van der Waals surface area contributed by atoms with E-state index in [-0.39, 0.29) is 41.4 Å². The number of sulfonamides is 1. The summed E-state index contributed by atoms with van der Waals surface area (Å²) >= 11 is 0. The fourth-order valence-corrected chi connectivity index (χ4v) is 6.21. The summed E-state index contributed by atoms with van der Waals surface area (Å²) in [5, 5.41) is 2.96. The Kier molecular flexibility index (Phi) is 10.3. The van der Waals surface area contributed by atoms with Crippen LogP contribution in [0.15, 0.2) is 71.6 Å². The van der Waals surface area contributed by atoms with Crippen molar-refractivity contribution in [2.24, 2.45) is 0 Å². The van der Waals surface area contributed by atoms with Crippen LogP contribution in [-0.4, -0.2) is 57.0 Å². The molecule has 4 rings (SSSR count). The van der Waals surface area contributed by atoms with Gasteiger partial charge in [-0.25, -0.2) is 12.8 Å². The second-order valence-corrected chi connectivity index (χ2v) is 12.3. The number of anilines is 1.